The molecule has 0 N–H and O–H groups in total. The average Bonchev–Trinajstić information content (AvgIpc) is 3.96. The summed E-state index contributed by atoms with van der Waals surface area (Å²) >= 11 is 1.83. The molecular weight excluding hydrogens is 717 g/mol. The first kappa shape index (κ1) is 31.9. The number of furan rings is 1. The molecule has 266 valence electrons. The van der Waals surface area contributed by atoms with Crippen molar-refractivity contribution in [3.63, 3.8) is 0 Å². The number of fused-ring (bicyclic) bond motifs is 10. The van der Waals surface area contributed by atoms with Crippen molar-refractivity contribution >= 4 is 75.3 Å². The van der Waals surface area contributed by atoms with Gasteiger partial charge in [-0.25, -0.2) is 15.0 Å². The van der Waals surface area contributed by atoms with Crippen LogP contribution < -0.4 is 0 Å². The molecule has 0 unspecified atom stereocenters. The van der Waals surface area contributed by atoms with Gasteiger partial charge in [0.25, 0.3) is 0 Å². The van der Waals surface area contributed by atoms with E-state index in [0.717, 1.165) is 61.1 Å². The third-order valence-corrected chi connectivity index (χ3v) is 12.2. The fourth-order valence-corrected chi connectivity index (χ4v) is 9.52. The highest BCUT2D eigenvalue weighted by Gasteiger charge is 2.18. The van der Waals surface area contributed by atoms with Crippen molar-refractivity contribution in [3.05, 3.63) is 182 Å². The lowest BCUT2D eigenvalue weighted by atomic mass is 10.00. The Morgan fingerprint density at radius 3 is 1.70 bits per heavy atom. The lowest BCUT2D eigenvalue weighted by Gasteiger charge is -2.12. The summed E-state index contributed by atoms with van der Waals surface area (Å²) in [6.07, 6.45) is 0. The number of hydrogen-bond donors (Lipinski definition) is 0. The first-order chi connectivity index (χ1) is 28.2. The van der Waals surface area contributed by atoms with E-state index < -0.39 is 0 Å². The van der Waals surface area contributed by atoms with Gasteiger partial charge in [-0.15, -0.1) is 11.3 Å². The molecule has 0 bridgehead atoms. The summed E-state index contributed by atoms with van der Waals surface area (Å²) in [5, 5.41) is 7.28. The number of nitrogens with zero attached hydrogens (tertiary/aromatic N) is 4. The highest BCUT2D eigenvalue weighted by Crippen LogP contribution is 2.43. The van der Waals surface area contributed by atoms with E-state index in [9.17, 15) is 0 Å². The van der Waals surface area contributed by atoms with Crippen LogP contribution in [0, 0.1) is 0 Å². The molecule has 0 saturated carbocycles. The molecule has 8 aromatic carbocycles. The number of para-hydroxylation sites is 2. The van der Waals surface area contributed by atoms with Gasteiger partial charge < -0.3 is 8.98 Å². The Balaban J connectivity index is 0.964. The van der Waals surface area contributed by atoms with Crippen LogP contribution in [-0.4, -0.2) is 19.5 Å². The predicted octanol–water partition coefficient (Wildman–Crippen LogP) is 13.9. The van der Waals surface area contributed by atoms with Crippen LogP contribution in [0.1, 0.15) is 0 Å². The van der Waals surface area contributed by atoms with Crippen molar-refractivity contribution in [1.29, 1.82) is 0 Å². The molecule has 0 aliphatic carbocycles. The predicted molar refractivity (Wildman–Crippen MR) is 236 cm³/mol. The Morgan fingerprint density at radius 1 is 0.368 bits per heavy atom. The van der Waals surface area contributed by atoms with E-state index in [-0.39, 0.29) is 0 Å². The summed E-state index contributed by atoms with van der Waals surface area (Å²) in [4.78, 5) is 15.2. The Kier molecular flexibility index (Phi) is 7.03. The van der Waals surface area contributed by atoms with Crippen molar-refractivity contribution in [3.8, 4) is 51.0 Å². The van der Waals surface area contributed by atoms with Crippen molar-refractivity contribution in [2.24, 2.45) is 0 Å². The van der Waals surface area contributed by atoms with Crippen LogP contribution in [0.4, 0.5) is 0 Å². The highest BCUT2D eigenvalue weighted by atomic mass is 32.1. The molecule has 6 heteroatoms. The van der Waals surface area contributed by atoms with Gasteiger partial charge in [-0.3, -0.25) is 0 Å². The first-order valence-corrected chi connectivity index (χ1v) is 19.8. The minimum atomic E-state index is 0.620. The minimum Gasteiger partial charge on any atom is -0.456 e. The van der Waals surface area contributed by atoms with Crippen LogP contribution in [0.3, 0.4) is 0 Å². The lowest BCUT2D eigenvalue weighted by Crippen LogP contribution is -2.01. The van der Waals surface area contributed by atoms with E-state index in [2.05, 4.69) is 156 Å². The van der Waals surface area contributed by atoms with Crippen LogP contribution in [-0.2, 0) is 0 Å². The summed E-state index contributed by atoms with van der Waals surface area (Å²) < 4.78 is 11.3. The summed E-state index contributed by atoms with van der Waals surface area (Å²) in [6, 6.07) is 63.7. The molecule has 57 heavy (non-hydrogen) atoms. The SMILES string of the molecule is c1ccc(-c2nc(-c3ccc(-c4ccc5oc6ccc7sc8ccccc8c7c6c5c4)cc3)nc(-c3cccc(-n4c5ccccc5c5ccccc54)c3)n2)cc1. The Bertz CT molecular complexity index is 3470. The molecule has 0 saturated heterocycles. The normalized spacial score (nSPS) is 11.9. The van der Waals surface area contributed by atoms with Gasteiger partial charge in [0.15, 0.2) is 17.5 Å². The number of rotatable bonds is 5. The summed E-state index contributed by atoms with van der Waals surface area (Å²) in [5.74, 6) is 1.87. The van der Waals surface area contributed by atoms with E-state index in [1.807, 2.05) is 41.7 Å². The van der Waals surface area contributed by atoms with Crippen molar-refractivity contribution < 1.29 is 4.42 Å². The van der Waals surface area contributed by atoms with E-state index in [0.29, 0.717) is 17.5 Å². The Labute approximate surface area is 330 Å². The van der Waals surface area contributed by atoms with Gasteiger partial charge in [0.05, 0.1) is 11.0 Å². The van der Waals surface area contributed by atoms with Gasteiger partial charge in [0.2, 0.25) is 0 Å². The smallest absolute Gasteiger partial charge is 0.164 e. The molecule has 5 nitrogen and oxygen atoms in total. The molecule has 12 rings (SSSR count). The zero-order valence-corrected chi connectivity index (χ0v) is 31.2. The maximum absolute atomic E-state index is 6.39. The van der Waals surface area contributed by atoms with E-state index in [1.54, 1.807) is 0 Å². The van der Waals surface area contributed by atoms with Crippen LogP contribution in [0.25, 0.3) is 115 Å². The largest absolute Gasteiger partial charge is 0.456 e. The Morgan fingerprint density at radius 2 is 0.947 bits per heavy atom. The topological polar surface area (TPSA) is 56.7 Å². The van der Waals surface area contributed by atoms with Gasteiger partial charge >= 0.3 is 0 Å². The zero-order chi connectivity index (χ0) is 37.5. The first-order valence-electron chi connectivity index (χ1n) is 19.0. The van der Waals surface area contributed by atoms with Gasteiger partial charge in [-0.2, -0.15) is 0 Å². The van der Waals surface area contributed by atoms with Crippen LogP contribution in [0.2, 0.25) is 0 Å². The Hall–Kier alpha value is -7.41. The van der Waals surface area contributed by atoms with Crippen molar-refractivity contribution in [1.82, 2.24) is 19.5 Å². The molecule has 0 aliphatic heterocycles. The fraction of sp³-hybridized carbons (Fsp3) is 0. The number of thiophene rings is 1. The number of hydrogen-bond acceptors (Lipinski definition) is 5. The maximum atomic E-state index is 6.39. The van der Waals surface area contributed by atoms with Gasteiger partial charge in [-0.05, 0) is 65.7 Å². The number of aromatic nitrogens is 4. The molecular formula is C51H30N4OS. The van der Waals surface area contributed by atoms with Crippen LogP contribution in [0.15, 0.2) is 186 Å². The molecule has 0 fully saturated rings. The molecule has 0 spiro atoms. The molecule has 0 atom stereocenters. The van der Waals surface area contributed by atoms with Gasteiger partial charge in [-0.1, -0.05) is 127 Å². The van der Waals surface area contributed by atoms with E-state index in [4.69, 9.17) is 19.4 Å². The second-order valence-electron chi connectivity index (χ2n) is 14.4. The zero-order valence-electron chi connectivity index (χ0n) is 30.4. The molecule has 0 amide bonds. The van der Waals surface area contributed by atoms with E-state index >= 15 is 0 Å². The lowest BCUT2D eigenvalue weighted by molar-refractivity contribution is 0.669. The quantitative estimate of drug-likeness (QED) is 0.176. The second-order valence-corrected chi connectivity index (χ2v) is 15.5. The minimum absolute atomic E-state index is 0.620. The van der Waals surface area contributed by atoms with Crippen molar-refractivity contribution in [2.75, 3.05) is 0 Å². The third-order valence-electron chi connectivity index (χ3n) is 11.1. The fourth-order valence-electron chi connectivity index (χ4n) is 8.41. The molecule has 4 aromatic heterocycles. The monoisotopic (exact) mass is 746 g/mol. The van der Waals surface area contributed by atoms with Gasteiger partial charge in [0.1, 0.15) is 11.2 Å². The number of benzene rings is 8. The van der Waals surface area contributed by atoms with Gasteiger partial charge in [0, 0.05) is 64.1 Å². The van der Waals surface area contributed by atoms with Crippen LogP contribution in [0.5, 0.6) is 0 Å². The summed E-state index contributed by atoms with van der Waals surface area (Å²) in [5.41, 5.74) is 10.2. The third kappa shape index (κ3) is 5.12. The molecule has 12 aromatic rings. The molecule has 0 radical (unpaired) electrons. The maximum Gasteiger partial charge on any atom is 0.164 e. The summed E-state index contributed by atoms with van der Waals surface area (Å²) in [6.45, 7) is 0. The summed E-state index contributed by atoms with van der Waals surface area (Å²) in [7, 11) is 0. The van der Waals surface area contributed by atoms with Crippen LogP contribution >= 0.6 is 11.3 Å². The highest BCUT2D eigenvalue weighted by molar-refractivity contribution is 7.26. The van der Waals surface area contributed by atoms with E-state index in [1.165, 1.54) is 36.3 Å². The standard InChI is InChI=1S/C51H30N4OS/c1-2-11-32(12-3-1)49-52-50(54-51(53-49)35-13-10-14-36(29-35)55-41-18-7-4-15-37(41)38-16-5-8-19-42(38)55)33-23-21-31(22-24-33)34-25-26-43-40(30-34)47-44(56-43)27-28-46-48(47)39-17-6-9-20-45(39)57-46/h1-30H. The molecule has 4 heterocycles. The second kappa shape index (κ2) is 12.6. The average molecular weight is 747 g/mol. The molecule has 0 aliphatic rings. The van der Waals surface area contributed by atoms with Crippen molar-refractivity contribution in [2.45, 2.75) is 0 Å².